The smallest absolute Gasteiger partial charge is 0.306 e. The number of esters is 2. The standard InChI is InChI=1S/C26H34O8/c1-12-6-16(32-5)23(31)25(3)14(12)8-18-26(4)17(9-20(29)34-18)24(2,10-15(27)21(25)26)22(30)13-7-19(28)33-11-13/h6,12-15,17-18,21,27H,7-11H2,1-5H3/t12-,13-,14+,15-,17+,18-,21+,24-,25+,26-/m1/s1. The van der Waals surface area contributed by atoms with Crippen LogP contribution in [0.15, 0.2) is 11.8 Å². The summed E-state index contributed by atoms with van der Waals surface area (Å²) in [5.74, 6) is -2.43. The van der Waals surface area contributed by atoms with Crippen molar-refractivity contribution in [2.45, 2.75) is 65.6 Å². The van der Waals surface area contributed by atoms with Crippen LogP contribution in [0.5, 0.6) is 0 Å². The molecule has 0 unspecified atom stereocenters. The number of carbonyl (C=O) groups is 4. The molecule has 0 bridgehead atoms. The molecule has 2 heterocycles. The van der Waals surface area contributed by atoms with Crippen LogP contribution in [0.4, 0.5) is 0 Å². The predicted octanol–water partition coefficient (Wildman–Crippen LogP) is 2.22. The summed E-state index contributed by atoms with van der Waals surface area (Å²) in [5, 5.41) is 11.7. The van der Waals surface area contributed by atoms with E-state index in [4.69, 9.17) is 14.2 Å². The molecule has 2 saturated carbocycles. The Bertz CT molecular complexity index is 1000. The van der Waals surface area contributed by atoms with Crippen LogP contribution in [0.25, 0.3) is 0 Å². The van der Waals surface area contributed by atoms with E-state index in [0.29, 0.717) is 12.2 Å². The number of Topliss-reactive ketones (excluding diaryl/α,β-unsaturated/α-hetero) is 2. The third-order valence-corrected chi connectivity index (χ3v) is 10.2. The topological polar surface area (TPSA) is 116 Å². The molecule has 0 aromatic rings. The van der Waals surface area contributed by atoms with Gasteiger partial charge in [0.05, 0.1) is 25.6 Å². The Kier molecular flexibility index (Phi) is 5.11. The number of ether oxygens (including phenoxy) is 3. The van der Waals surface area contributed by atoms with Gasteiger partial charge in [0, 0.05) is 28.6 Å². The van der Waals surface area contributed by atoms with Crippen molar-refractivity contribution in [1.29, 1.82) is 0 Å². The molecule has 0 spiro atoms. The first-order chi connectivity index (χ1) is 15.9. The number of hydrogen-bond acceptors (Lipinski definition) is 8. The Morgan fingerprint density at radius 3 is 2.47 bits per heavy atom. The zero-order valence-electron chi connectivity index (χ0n) is 20.5. The number of carbonyl (C=O) groups excluding carboxylic acids is 4. The van der Waals surface area contributed by atoms with Crippen LogP contribution in [0, 0.1) is 45.8 Å². The molecule has 10 atom stereocenters. The third kappa shape index (κ3) is 2.80. The second-order valence-electron chi connectivity index (χ2n) is 11.8. The minimum atomic E-state index is -1.05. The van der Waals surface area contributed by atoms with Crippen LogP contribution >= 0.6 is 0 Å². The van der Waals surface area contributed by atoms with Gasteiger partial charge in [0.15, 0.2) is 5.76 Å². The van der Waals surface area contributed by atoms with E-state index in [1.807, 2.05) is 33.8 Å². The summed E-state index contributed by atoms with van der Waals surface area (Å²) < 4.78 is 16.4. The maximum atomic E-state index is 13.8. The average Bonchev–Trinajstić information content (AvgIpc) is 3.20. The minimum absolute atomic E-state index is 0.00919. The number of aliphatic hydroxyl groups excluding tert-OH is 1. The lowest BCUT2D eigenvalue weighted by Crippen LogP contribution is -2.73. The van der Waals surface area contributed by atoms with E-state index in [0.717, 1.165) is 0 Å². The SMILES string of the molecule is COC1=C[C@@H](C)[C@@H]2C[C@H]3OC(=O)C[C@@H]4[C@@]3(C)[C@@H]([C@H](O)C[C@@]4(C)C(=O)[C@H]3COC(=O)C3)[C@@]2(C)C1=O. The van der Waals surface area contributed by atoms with Gasteiger partial charge in [-0.25, -0.2) is 0 Å². The first-order valence-electron chi connectivity index (χ1n) is 12.3. The number of cyclic esters (lactones) is 1. The first kappa shape index (κ1) is 23.5. The van der Waals surface area contributed by atoms with Gasteiger partial charge in [-0.2, -0.15) is 0 Å². The van der Waals surface area contributed by atoms with Crippen LogP contribution in [0.1, 0.15) is 53.4 Å². The van der Waals surface area contributed by atoms with E-state index in [-0.39, 0.29) is 55.2 Å². The molecule has 2 saturated heterocycles. The number of fused-ring (bicyclic) bond motifs is 2. The quantitative estimate of drug-likeness (QED) is 0.619. The van der Waals surface area contributed by atoms with Crippen molar-refractivity contribution in [3.05, 3.63) is 11.8 Å². The van der Waals surface area contributed by atoms with Crippen molar-refractivity contribution < 1.29 is 38.5 Å². The highest BCUT2D eigenvalue weighted by atomic mass is 16.5. The molecule has 8 nitrogen and oxygen atoms in total. The highest BCUT2D eigenvalue weighted by Gasteiger charge is 2.74. The summed E-state index contributed by atoms with van der Waals surface area (Å²) in [4.78, 5) is 52.2. The molecule has 1 N–H and O–H groups in total. The van der Waals surface area contributed by atoms with E-state index in [9.17, 15) is 24.3 Å². The molecule has 4 fully saturated rings. The second-order valence-corrected chi connectivity index (χ2v) is 11.8. The summed E-state index contributed by atoms with van der Waals surface area (Å²) in [6, 6.07) is 0. The molecule has 0 aromatic heterocycles. The number of methoxy groups -OCH3 is 1. The Morgan fingerprint density at radius 2 is 1.85 bits per heavy atom. The Hall–Kier alpha value is -2.22. The molecule has 0 amide bonds. The number of aliphatic hydroxyl groups is 1. The molecule has 0 radical (unpaired) electrons. The Morgan fingerprint density at radius 1 is 1.15 bits per heavy atom. The Labute approximate surface area is 199 Å². The molecule has 186 valence electrons. The van der Waals surface area contributed by atoms with E-state index >= 15 is 0 Å². The van der Waals surface area contributed by atoms with Gasteiger partial charge in [0.2, 0.25) is 5.78 Å². The summed E-state index contributed by atoms with van der Waals surface area (Å²) in [6.07, 6.45) is 1.01. The van der Waals surface area contributed by atoms with Crippen molar-refractivity contribution in [2.24, 2.45) is 45.8 Å². The molecule has 5 aliphatic rings. The van der Waals surface area contributed by atoms with Gasteiger partial charge < -0.3 is 19.3 Å². The zero-order chi connectivity index (χ0) is 24.8. The van der Waals surface area contributed by atoms with Gasteiger partial charge in [0.25, 0.3) is 0 Å². The average molecular weight is 475 g/mol. The summed E-state index contributed by atoms with van der Waals surface area (Å²) in [6.45, 7) is 7.76. The van der Waals surface area contributed by atoms with E-state index in [2.05, 4.69) is 0 Å². The molecule has 8 heteroatoms. The van der Waals surface area contributed by atoms with Gasteiger partial charge in [-0.1, -0.05) is 27.7 Å². The third-order valence-electron chi connectivity index (χ3n) is 10.2. The van der Waals surface area contributed by atoms with Crippen molar-refractivity contribution in [1.82, 2.24) is 0 Å². The molecule has 3 aliphatic carbocycles. The predicted molar refractivity (Wildman–Crippen MR) is 118 cm³/mol. The highest BCUT2D eigenvalue weighted by molar-refractivity contribution is 6.00. The normalized spacial score (nSPS) is 49.9. The van der Waals surface area contributed by atoms with Gasteiger partial charge in [-0.05, 0) is 36.7 Å². The minimum Gasteiger partial charge on any atom is -0.493 e. The van der Waals surface area contributed by atoms with Gasteiger partial charge in [-0.15, -0.1) is 0 Å². The Balaban J connectivity index is 1.64. The van der Waals surface area contributed by atoms with Crippen molar-refractivity contribution in [2.75, 3.05) is 13.7 Å². The van der Waals surface area contributed by atoms with Crippen LogP contribution in [0.3, 0.4) is 0 Å². The van der Waals surface area contributed by atoms with Crippen molar-refractivity contribution in [3.63, 3.8) is 0 Å². The number of ketones is 2. The molecule has 0 aromatic carbocycles. The lowest BCUT2D eigenvalue weighted by atomic mass is 9.36. The highest BCUT2D eigenvalue weighted by Crippen LogP contribution is 2.70. The molecule has 2 aliphatic heterocycles. The van der Waals surface area contributed by atoms with Crippen molar-refractivity contribution >= 4 is 23.5 Å². The molecule has 5 rings (SSSR count). The first-order valence-corrected chi connectivity index (χ1v) is 12.3. The van der Waals surface area contributed by atoms with E-state index < -0.39 is 52.2 Å². The number of rotatable bonds is 3. The van der Waals surface area contributed by atoms with Crippen molar-refractivity contribution in [3.8, 4) is 0 Å². The number of hydrogen-bond donors (Lipinski definition) is 1. The maximum Gasteiger partial charge on any atom is 0.306 e. The lowest BCUT2D eigenvalue weighted by Gasteiger charge is -2.69. The zero-order valence-corrected chi connectivity index (χ0v) is 20.5. The van der Waals surface area contributed by atoms with Gasteiger partial charge >= 0.3 is 11.9 Å². The monoisotopic (exact) mass is 474 g/mol. The van der Waals surface area contributed by atoms with E-state index in [1.54, 1.807) is 0 Å². The fraction of sp³-hybridized carbons (Fsp3) is 0.769. The number of allylic oxidation sites excluding steroid dienone is 2. The van der Waals surface area contributed by atoms with Gasteiger partial charge in [0.1, 0.15) is 18.5 Å². The largest absolute Gasteiger partial charge is 0.493 e. The van der Waals surface area contributed by atoms with Crippen LogP contribution < -0.4 is 0 Å². The second kappa shape index (κ2) is 7.39. The molecular formula is C26H34O8. The fourth-order valence-electron chi connectivity index (χ4n) is 8.78. The van der Waals surface area contributed by atoms with Crippen LogP contribution in [-0.2, 0) is 33.4 Å². The molecular weight excluding hydrogens is 440 g/mol. The molecule has 34 heavy (non-hydrogen) atoms. The maximum absolute atomic E-state index is 13.8. The summed E-state index contributed by atoms with van der Waals surface area (Å²) >= 11 is 0. The van der Waals surface area contributed by atoms with Crippen LogP contribution in [-0.4, -0.2) is 54.5 Å². The van der Waals surface area contributed by atoms with Gasteiger partial charge in [-0.3, -0.25) is 19.2 Å². The van der Waals surface area contributed by atoms with E-state index in [1.165, 1.54) is 7.11 Å². The summed E-state index contributed by atoms with van der Waals surface area (Å²) in [5.41, 5.74) is -2.77. The fourth-order valence-corrected chi connectivity index (χ4v) is 8.78. The summed E-state index contributed by atoms with van der Waals surface area (Å²) in [7, 11) is 1.48. The van der Waals surface area contributed by atoms with Crippen LogP contribution in [0.2, 0.25) is 0 Å². The lowest BCUT2D eigenvalue weighted by molar-refractivity contribution is -0.268.